The van der Waals surface area contributed by atoms with Gasteiger partial charge in [-0.25, -0.2) is 0 Å². The van der Waals surface area contributed by atoms with E-state index in [1.54, 1.807) is 0 Å². The highest BCUT2D eigenvalue weighted by Crippen LogP contribution is 2.16. The Balaban J connectivity index is 4.29. The molecule has 6 nitrogen and oxygen atoms in total. The molecule has 468 valence electrons. The van der Waals surface area contributed by atoms with Crippen molar-refractivity contribution in [2.75, 3.05) is 13.2 Å². The number of hydrogen-bond donors (Lipinski definition) is 0. The smallest absolute Gasteiger partial charge is 0.306 e. The van der Waals surface area contributed by atoms with Crippen molar-refractivity contribution in [3.05, 3.63) is 122 Å². The number of ether oxygens (including phenoxy) is 3. The molecule has 0 aliphatic carbocycles. The zero-order chi connectivity index (χ0) is 59.2. The van der Waals surface area contributed by atoms with Crippen LogP contribution in [0.25, 0.3) is 0 Å². The van der Waals surface area contributed by atoms with E-state index in [0.29, 0.717) is 19.3 Å². The van der Waals surface area contributed by atoms with Gasteiger partial charge in [-0.1, -0.05) is 290 Å². The molecule has 0 aromatic carbocycles. The van der Waals surface area contributed by atoms with Crippen LogP contribution in [0.3, 0.4) is 0 Å². The fourth-order valence-corrected chi connectivity index (χ4v) is 9.51. The first-order chi connectivity index (χ1) is 40.5. The topological polar surface area (TPSA) is 78.9 Å². The molecule has 0 fully saturated rings. The lowest BCUT2D eigenvalue weighted by molar-refractivity contribution is -0.167. The fraction of sp³-hybridized carbons (Fsp3) is 0.697. The van der Waals surface area contributed by atoms with E-state index in [9.17, 15) is 14.4 Å². The Hall–Kier alpha value is -4.19. The zero-order valence-corrected chi connectivity index (χ0v) is 53.7. The van der Waals surface area contributed by atoms with Gasteiger partial charge in [0.25, 0.3) is 0 Å². The van der Waals surface area contributed by atoms with Crippen LogP contribution in [-0.4, -0.2) is 37.2 Å². The van der Waals surface area contributed by atoms with E-state index in [2.05, 4.69) is 142 Å². The van der Waals surface area contributed by atoms with Gasteiger partial charge in [-0.3, -0.25) is 14.4 Å². The molecule has 0 heterocycles. The van der Waals surface area contributed by atoms with E-state index >= 15 is 0 Å². The summed E-state index contributed by atoms with van der Waals surface area (Å²) < 4.78 is 16.9. The molecule has 0 spiro atoms. The summed E-state index contributed by atoms with van der Waals surface area (Å²) >= 11 is 0. The van der Waals surface area contributed by atoms with E-state index in [1.165, 1.54) is 161 Å². The number of unbranched alkanes of at least 4 members (excludes halogenated alkanes) is 31. The van der Waals surface area contributed by atoms with Crippen molar-refractivity contribution < 1.29 is 28.6 Å². The number of hydrogen-bond acceptors (Lipinski definition) is 6. The largest absolute Gasteiger partial charge is 0.462 e. The second-order valence-corrected chi connectivity index (χ2v) is 22.7. The van der Waals surface area contributed by atoms with Crippen LogP contribution in [0.5, 0.6) is 0 Å². The van der Waals surface area contributed by atoms with Gasteiger partial charge in [-0.15, -0.1) is 0 Å². The molecule has 1 atom stereocenters. The molecule has 0 rings (SSSR count). The van der Waals surface area contributed by atoms with E-state index in [4.69, 9.17) is 14.2 Å². The summed E-state index contributed by atoms with van der Waals surface area (Å²) in [5, 5.41) is 0. The lowest BCUT2D eigenvalue weighted by Crippen LogP contribution is -2.30. The van der Waals surface area contributed by atoms with Gasteiger partial charge < -0.3 is 14.2 Å². The lowest BCUT2D eigenvalue weighted by Gasteiger charge is -2.18. The predicted octanol–water partition coefficient (Wildman–Crippen LogP) is 23.9. The van der Waals surface area contributed by atoms with Crippen LogP contribution in [0.1, 0.15) is 323 Å². The molecule has 0 radical (unpaired) electrons. The van der Waals surface area contributed by atoms with E-state index in [-0.39, 0.29) is 31.1 Å². The number of rotatable bonds is 62. The third-order valence-corrected chi connectivity index (χ3v) is 14.7. The SMILES string of the molecule is CC/C=C\C/C=C\C/C=C\C/C=C\C/C=C\C/C=C\C/C=C\CCCCCCCCCCCC(=O)OCC(COC(=O)CCCCCCC/C=C\CCCCC)OC(=O)CCCCCCCCCCC/C=C\C/C=C\CCCCCCC. The summed E-state index contributed by atoms with van der Waals surface area (Å²) in [6.45, 7) is 6.50. The highest BCUT2D eigenvalue weighted by atomic mass is 16.6. The Bertz CT molecular complexity index is 1690. The lowest BCUT2D eigenvalue weighted by atomic mass is 10.1. The van der Waals surface area contributed by atoms with Crippen LogP contribution in [0.2, 0.25) is 0 Å². The molecule has 0 aromatic heterocycles. The van der Waals surface area contributed by atoms with Crippen LogP contribution < -0.4 is 0 Å². The molecule has 82 heavy (non-hydrogen) atoms. The Labute approximate surface area is 507 Å². The highest BCUT2D eigenvalue weighted by Gasteiger charge is 2.19. The number of esters is 3. The van der Waals surface area contributed by atoms with Crippen molar-refractivity contribution in [2.45, 2.75) is 329 Å². The summed E-state index contributed by atoms with van der Waals surface area (Å²) in [7, 11) is 0. The molecular formula is C76H128O6. The van der Waals surface area contributed by atoms with Gasteiger partial charge >= 0.3 is 17.9 Å². The normalized spacial score (nSPS) is 12.9. The minimum atomic E-state index is -0.790. The standard InChI is InChI=1S/C76H128O6/c1-4-7-10-13-16-19-22-25-27-29-31-33-34-35-36-37-38-39-40-41-42-44-45-47-49-51-54-57-60-63-66-69-75(78)81-72-73(71-80-74(77)68-65-62-59-56-53-24-21-18-15-12-9-6-3)82-76(79)70-67-64-61-58-55-52-50-48-46-43-32-30-28-26-23-20-17-14-11-8-5-2/h7,10,16,18-19,21,23,25-27,30-33,35-36,38-39,41-42,73H,4-6,8-9,11-15,17,20,22,24,28-29,34,37,40,43-72H2,1-3H3/b10-7-,19-16-,21-18-,26-23-,27-25-,32-30-,33-31-,36-35-,39-38-,42-41-. The minimum absolute atomic E-state index is 0.0862. The first-order valence-electron chi connectivity index (χ1n) is 34.5. The van der Waals surface area contributed by atoms with Gasteiger partial charge in [0, 0.05) is 19.3 Å². The molecule has 6 heteroatoms. The van der Waals surface area contributed by atoms with Crippen LogP contribution >= 0.6 is 0 Å². The molecule has 0 saturated heterocycles. The molecular weight excluding hydrogens is 1010 g/mol. The molecule has 1 unspecified atom stereocenters. The highest BCUT2D eigenvalue weighted by molar-refractivity contribution is 5.71. The van der Waals surface area contributed by atoms with E-state index in [0.717, 1.165) is 122 Å². The van der Waals surface area contributed by atoms with Crippen molar-refractivity contribution in [2.24, 2.45) is 0 Å². The monoisotopic (exact) mass is 1140 g/mol. The maximum absolute atomic E-state index is 12.9. The molecule has 0 aliphatic rings. The van der Waals surface area contributed by atoms with Crippen LogP contribution in [0.15, 0.2) is 122 Å². The molecule has 0 aliphatic heterocycles. The first-order valence-corrected chi connectivity index (χ1v) is 34.5. The molecule has 0 aromatic rings. The average molecular weight is 1140 g/mol. The first kappa shape index (κ1) is 77.8. The van der Waals surface area contributed by atoms with Crippen LogP contribution in [0.4, 0.5) is 0 Å². The van der Waals surface area contributed by atoms with E-state index in [1.807, 2.05) is 0 Å². The summed E-state index contributed by atoms with van der Waals surface area (Å²) in [4.78, 5) is 38.4. The second-order valence-electron chi connectivity index (χ2n) is 22.7. The number of allylic oxidation sites excluding steroid dienone is 20. The summed E-state index contributed by atoms with van der Waals surface area (Å²) in [5.41, 5.74) is 0. The van der Waals surface area contributed by atoms with Crippen molar-refractivity contribution in [1.82, 2.24) is 0 Å². The van der Waals surface area contributed by atoms with Crippen molar-refractivity contribution in [3.63, 3.8) is 0 Å². The van der Waals surface area contributed by atoms with Gasteiger partial charge in [0.2, 0.25) is 0 Å². The maximum atomic E-state index is 12.9. The van der Waals surface area contributed by atoms with Crippen molar-refractivity contribution >= 4 is 17.9 Å². The predicted molar refractivity (Wildman–Crippen MR) is 357 cm³/mol. The van der Waals surface area contributed by atoms with Gasteiger partial charge in [0.05, 0.1) is 0 Å². The molecule has 0 saturated carbocycles. The molecule has 0 amide bonds. The van der Waals surface area contributed by atoms with Crippen LogP contribution in [-0.2, 0) is 28.6 Å². The number of carbonyl (C=O) groups excluding carboxylic acids is 3. The van der Waals surface area contributed by atoms with Gasteiger partial charge in [-0.2, -0.15) is 0 Å². The number of carbonyl (C=O) groups is 3. The van der Waals surface area contributed by atoms with Gasteiger partial charge in [0.1, 0.15) is 13.2 Å². The Morgan fingerprint density at radius 2 is 0.476 bits per heavy atom. The van der Waals surface area contributed by atoms with Gasteiger partial charge in [0.15, 0.2) is 6.10 Å². The summed E-state index contributed by atoms with van der Waals surface area (Å²) in [5.74, 6) is -0.897. The Morgan fingerprint density at radius 1 is 0.256 bits per heavy atom. The van der Waals surface area contributed by atoms with Crippen molar-refractivity contribution in [3.8, 4) is 0 Å². The Morgan fingerprint density at radius 3 is 0.780 bits per heavy atom. The van der Waals surface area contributed by atoms with Crippen molar-refractivity contribution in [1.29, 1.82) is 0 Å². The quantitative estimate of drug-likeness (QED) is 0.0261. The van der Waals surface area contributed by atoms with Gasteiger partial charge in [-0.05, 0) is 135 Å². The summed E-state index contributed by atoms with van der Waals surface area (Å²) in [6.07, 6.45) is 96.4. The second kappa shape index (κ2) is 69.3. The minimum Gasteiger partial charge on any atom is -0.462 e. The zero-order valence-electron chi connectivity index (χ0n) is 53.7. The average Bonchev–Trinajstić information content (AvgIpc) is 3.47. The third kappa shape index (κ3) is 66.6. The fourth-order valence-electron chi connectivity index (χ4n) is 9.51. The molecule has 0 N–H and O–H groups in total. The third-order valence-electron chi connectivity index (χ3n) is 14.7. The van der Waals surface area contributed by atoms with E-state index < -0.39 is 6.10 Å². The van der Waals surface area contributed by atoms with Crippen LogP contribution in [0, 0.1) is 0 Å². The Kier molecular flexibility index (Phi) is 65.8. The molecule has 0 bridgehead atoms. The summed E-state index contributed by atoms with van der Waals surface area (Å²) in [6, 6.07) is 0. The maximum Gasteiger partial charge on any atom is 0.306 e.